The molecular weight excluding hydrogens is 194 g/mol. The zero-order valence-corrected chi connectivity index (χ0v) is 8.69. The van der Waals surface area contributed by atoms with Crippen LogP contribution in [-0.4, -0.2) is 24.5 Å². The molecule has 1 heterocycles. The van der Waals surface area contributed by atoms with Crippen LogP contribution >= 0.6 is 0 Å². The molecule has 5 nitrogen and oxygen atoms in total. The number of hydrogen-bond donors (Lipinski definition) is 2. The number of nitrogens with one attached hydrogen (secondary N) is 1. The summed E-state index contributed by atoms with van der Waals surface area (Å²) in [4.78, 5) is 15.1. The van der Waals surface area contributed by atoms with Crippen LogP contribution in [0.1, 0.15) is 12.0 Å². The maximum atomic E-state index is 11.1. The Morgan fingerprint density at radius 3 is 2.93 bits per heavy atom. The van der Waals surface area contributed by atoms with Gasteiger partial charge in [0.1, 0.15) is 0 Å². The van der Waals surface area contributed by atoms with Crippen LogP contribution in [-0.2, 0) is 11.3 Å². The maximum absolute atomic E-state index is 11.1. The van der Waals surface area contributed by atoms with Gasteiger partial charge in [-0.05, 0) is 5.56 Å². The van der Waals surface area contributed by atoms with Crippen LogP contribution in [0.4, 0.5) is 0 Å². The van der Waals surface area contributed by atoms with Crippen LogP contribution in [0.25, 0.3) is 0 Å². The summed E-state index contributed by atoms with van der Waals surface area (Å²) < 4.78 is 4.92. The molecule has 0 aliphatic carbocycles. The Morgan fingerprint density at radius 1 is 1.60 bits per heavy atom. The van der Waals surface area contributed by atoms with E-state index >= 15 is 0 Å². The fraction of sp³-hybridized carbons (Fsp3) is 0.400. The van der Waals surface area contributed by atoms with Gasteiger partial charge in [0.25, 0.3) is 0 Å². The number of carbonyl (C=O) groups is 1. The third kappa shape index (κ3) is 3.95. The van der Waals surface area contributed by atoms with Gasteiger partial charge >= 0.3 is 0 Å². The van der Waals surface area contributed by atoms with Gasteiger partial charge in [-0.1, -0.05) is 6.07 Å². The Kier molecular flexibility index (Phi) is 4.56. The molecule has 0 bridgehead atoms. The van der Waals surface area contributed by atoms with Crippen LogP contribution in [0.3, 0.4) is 0 Å². The lowest BCUT2D eigenvalue weighted by Gasteiger charge is -2.04. The molecule has 0 saturated heterocycles. The second-order valence-corrected chi connectivity index (χ2v) is 3.02. The number of methoxy groups -OCH3 is 1. The third-order valence-corrected chi connectivity index (χ3v) is 1.87. The van der Waals surface area contributed by atoms with Gasteiger partial charge in [-0.3, -0.25) is 4.79 Å². The fourth-order valence-electron chi connectivity index (χ4n) is 1.06. The van der Waals surface area contributed by atoms with Gasteiger partial charge in [0.15, 0.2) is 0 Å². The lowest BCUT2D eigenvalue weighted by molar-refractivity contribution is -0.121. The van der Waals surface area contributed by atoms with E-state index in [1.54, 1.807) is 19.4 Å². The van der Waals surface area contributed by atoms with Crippen LogP contribution in [0, 0.1) is 0 Å². The highest BCUT2D eigenvalue weighted by Gasteiger charge is 2.00. The van der Waals surface area contributed by atoms with Crippen molar-refractivity contribution in [3.05, 3.63) is 23.9 Å². The molecule has 3 N–H and O–H groups in total. The Morgan fingerprint density at radius 2 is 2.40 bits per heavy atom. The third-order valence-electron chi connectivity index (χ3n) is 1.87. The highest BCUT2D eigenvalue weighted by Crippen LogP contribution is 2.05. The smallest absolute Gasteiger partial charge is 0.221 e. The number of hydrogen-bond acceptors (Lipinski definition) is 4. The van der Waals surface area contributed by atoms with Crippen molar-refractivity contribution in [2.24, 2.45) is 5.73 Å². The molecule has 0 fully saturated rings. The van der Waals surface area contributed by atoms with Gasteiger partial charge < -0.3 is 15.8 Å². The summed E-state index contributed by atoms with van der Waals surface area (Å²) in [6.07, 6.45) is 2.02. The average Bonchev–Trinajstić information content (AvgIpc) is 2.27. The summed E-state index contributed by atoms with van der Waals surface area (Å²) >= 11 is 0. The molecule has 15 heavy (non-hydrogen) atoms. The van der Waals surface area contributed by atoms with Crippen LogP contribution in [0.5, 0.6) is 5.88 Å². The molecule has 82 valence electrons. The zero-order chi connectivity index (χ0) is 11.1. The summed E-state index contributed by atoms with van der Waals surface area (Å²) in [7, 11) is 1.56. The minimum Gasteiger partial charge on any atom is -0.481 e. The SMILES string of the molecule is COc1ccc(CNC(=O)CCN)cn1. The van der Waals surface area contributed by atoms with Crippen molar-refractivity contribution < 1.29 is 9.53 Å². The summed E-state index contributed by atoms with van der Waals surface area (Å²) in [5.74, 6) is 0.514. The molecule has 0 spiro atoms. The Bertz CT molecular complexity index is 311. The van der Waals surface area contributed by atoms with Gasteiger partial charge in [-0.25, -0.2) is 4.98 Å². The molecule has 0 aliphatic heterocycles. The van der Waals surface area contributed by atoms with E-state index in [-0.39, 0.29) is 5.91 Å². The standard InChI is InChI=1S/C10H15N3O2/c1-15-10-3-2-8(7-13-10)6-12-9(14)4-5-11/h2-3,7H,4-6,11H2,1H3,(H,12,14). The molecule has 1 rings (SSSR count). The molecule has 1 aromatic rings. The molecule has 1 amide bonds. The first-order chi connectivity index (χ1) is 7.26. The predicted molar refractivity (Wildman–Crippen MR) is 56.3 cm³/mol. The first kappa shape index (κ1) is 11.5. The summed E-state index contributed by atoms with van der Waals surface area (Å²) in [6, 6.07) is 3.61. The first-order valence-electron chi connectivity index (χ1n) is 4.72. The van der Waals surface area contributed by atoms with E-state index in [9.17, 15) is 4.79 Å². The second kappa shape index (κ2) is 5.98. The fourth-order valence-corrected chi connectivity index (χ4v) is 1.06. The topological polar surface area (TPSA) is 77.2 Å². The van der Waals surface area contributed by atoms with Crippen molar-refractivity contribution in [2.45, 2.75) is 13.0 Å². The monoisotopic (exact) mass is 209 g/mol. The lowest BCUT2D eigenvalue weighted by Crippen LogP contribution is -2.25. The molecule has 0 saturated carbocycles. The summed E-state index contributed by atoms with van der Waals surface area (Å²) in [5, 5.41) is 2.74. The molecule has 0 radical (unpaired) electrons. The Hall–Kier alpha value is -1.62. The van der Waals surface area contributed by atoms with Crippen molar-refractivity contribution in [2.75, 3.05) is 13.7 Å². The lowest BCUT2D eigenvalue weighted by atomic mass is 10.3. The molecule has 5 heteroatoms. The van der Waals surface area contributed by atoms with E-state index in [1.165, 1.54) is 0 Å². The minimum atomic E-state index is -0.0479. The number of ether oxygens (including phenoxy) is 1. The van der Waals surface area contributed by atoms with E-state index < -0.39 is 0 Å². The van der Waals surface area contributed by atoms with Crippen molar-refractivity contribution in [1.82, 2.24) is 10.3 Å². The van der Waals surface area contributed by atoms with Crippen LogP contribution in [0.2, 0.25) is 0 Å². The van der Waals surface area contributed by atoms with Gasteiger partial charge in [0.05, 0.1) is 7.11 Å². The highest BCUT2D eigenvalue weighted by atomic mass is 16.5. The molecule has 1 aromatic heterocycles. The number of amides is 1. The molecule has 0 atom stereocenters. The number of carbonyl (C=O) groups excluding carboxylic acids is 1. The second-order valence-electron chi connectivity index (χ2n) is 3.02. The maximum Gasteiger partial charge on any atom is 0.221 e. The van der Waals surface area contributed by atoms with E-state index in [0.717, 1.165) is 5.56 Å². The summed E-state index contributed by atoms with van der Waals surface area (Å²) in [6.45, 7) is 0.836. The Balaban J connectivity index is 2.40. The van der Waals surface area contributed by atoms with Gasteiger partial charge in [-0.2, -0.15) is 0 Å². The molecule has 0 unspecified atom stereocenters. The predicted octanol–water partition coefficient (Wildman–Crippen LogP) is 0.0552. The number of pyridine rings is 1. The van der Waals surface area contributed by atoms with Crippen molar-refractivity contribution in [1.29, 1.82) is 0 Å². The first-order valence-corrected chi connectivity index (χ1v) is 4.72. The minimum absolute atomic E-state index is 0.0479. The van der Waals surface area contributed by atoms with E-state index in [2.05, 4.69) is 10.3 Å². The summed E-state index contributed by atoms with van der Waals surface area (Å²) in [5.41, 5.74) is 6.18. The van der Waals surface area contributed by atoms with Crippen molar-refractivity contribution in [3.63, 3.8) is 0 Å². The van der Waals surface area contributed by atoms with E-state index in [1.807, 2.05) is 6.07 Å². The number of rotatable bonds is 5. The van der Waals surface area contributed by atoms with E-state index in [0.29, 0.717) is 25.4 Å². The van der Waals surface area contributed by atoms with Gasteiger partial charge in [-0.15, -0.1) is 0 Å². The molecule has 0 aliphatic rings. The van der Waals surface area contributed by atoms with E-state index in [4.69, 9.17) is 10.5 Å². The normalized spacial score (nSPS) is 9.73. The van der Waals surface area contributed by atoms with Crippen LogP contribution in [0.15, 0.2) is 18.3 Å². The van der Waals surface area contributed by atoms with Crippen LogP contribution < -0.4 is 15.8 Å². The molecule has 0 aromatic carbocycles. The number of nitrogens with two attached hydrogens (primary N) is 1. The quantitative estimate of drug-likeness (QED) is 0.718. The van der Waals surface area contributed by atoms with Crippen molar-refractivity contribution >= 4 is 5.91 Å². The van der Waals surface area contributed by atoms with Crippen molar-refractivity contribution in [3.8, 4) is 5.88 Å². The zero-order valence-electron chi connectivity index (χ0n) is 8.69. The number of aromatic nitrogens is 1. The van der Waals surface area contributed by atoms with Gasteiger partial charge in [0.2, 0.25) is 11.8 Å². The average molecular weight is 209 g/mol. The largest absolute Gasteiger partial charge is 0.481 e. The number of nitrogens with zero attached hydrogens (tertiary/aromatic N) is 1. The van der Waals surface area contributed by atoms with Gasteiger partial charge in [0, 0.05) is 31.8 Å². The Labute approximate surface area is 88.6 Å². The highest BCUT2D eigenvalue weighted by molar-refractivity contribution is 5.75. The molecular formula is C10H15N3O2.